The molecular formula is C13H14ClNO. The van der Waals surface area contributed by atoms with Crippen LogP contribution in [0.2, 0.25) is 0 Å². The first-order chi connectivity index (χ1) is 7.71. The molecule has 1 aromatic rings. The summed E-state index contributed by atoms with van der Waals surface area (Å²) in [7, 11) is 0. The van der Waals surface area contributed by atoms with Crippen LogP contribution in [0.5, 0.6) is 0 Å². The first kappa shape index (κ1) is 10.2. The molecule has 1 fully saturated rings. The van der Waals surface area contributed by atoms with Gasteiger partial charge in [-0.1, -0.05) is 41.9 Å². The minimum Gasteiger partial charge on any atom is -0.411 e. The third kappa shape index (κ3) is 1.53. The number of hydrogen-bond acceptors (Lipinski definition) is 2. The van der Waals surface area contributed by atoms with E-state index < -0.39 is 0 Å². The van der Waals surface area contributed by atoms with Crippen molar-refractivity contribution >= 4 is 11.6 Å². The molecule has 0 aromatic heterocycles. The van der Waals surface area contributed by atoms with Gasteiger partial charge in [-0.2, -0.15) is 0 Å². The fraction of sp³-hybridized carbons (Fsp3) is 0.385. The highest BCUT2D eigenvalue weighted by molar-refractivity contribution is 6.30. The zero-order valence-corrected chi connectivity index (χ0v) is 9.95. The van der Waals surface area contributed by atoms with Gasteiger partial charge in [-0.25, -0.2) is 0 Å². The molecule has 0 radical (unpaired) electrons. The Morgan fingerprint density at radius 2 is 2.00 bits per heavy atom. The largest absolute Gasteiger partial charge is 0.411 e. The Morgan fingerprint density at radius 3 is 2.62 bits per heavy atom. The minimum atomic E-state index is 0.0652. The van der Waals surface area contributed by atoms with E-state index in [2.05, 4.69) is 19.1 Å². The van der Waals surface area contributed by atoms with E-state index in [0.29, 0.717) is 0 Å². The van der Waals surface area contributed by atoms with Crippen LogP contribution in [0.3, 0.4) is 0 Å². The molecular weight excluding hydrogens is 222 g/mol. The van der Waals surface area contributed by atoms with Crippen molar-refractivity contribution in [2.75, 3.05) is 0 Å². The van der Waals surface area contributed by atoms with E-state index >= 15 is 0 Å². The maximum absolute atomic E-state index is 6.24. The fourth-order valence-corrected chi connectivity index (χ4v) is 2.37. The average Bonchev–Trinajstić information content (AvgIpc) is 2.91. The summed E-state index contributed by atoms with van der Waals surface area (Å²) in [5.41, 5.74) is 1.35. The average molecular weight is 236 g/mol. The summed E-state index contributed by atoms with van der Waals surface area (Å²) in [5.74, 6) is 0. The van der Waals surface area contributed by atoms with E-state index in [4.69, 9.17) is 16.4 Å². The van der Waals surface area contributed by atoms with E-state index in [1.165, 1.54) is 18.4 Å². The minimum absolute atomic E-state index is 0.0652. The van der Waals surface area contributed by atoms with Crippen molar-refractivity contribution in [2.24, 2.45) is 0 Å². The number of hydrogen-bond donors (Lipinski definition) is 0. The highest BCUT2D eigenvalue weighted by atomic mass is 35.5. The van der Waals surface area contributed by atoms with Crippen LogP contribution in [-0.2, 0) is 4.84 Å². The predicted octanol–water partition coefficient (Wildman–Crippen LogP) is 3.61. The molecule has 0 N–H and O–H groups in total. The van der Waals surface area contributed by atoms with Gasteiger partial charge in [0.05, 0.1) is 10.6 Å². The van der Waals surface area contributed by atoms with Crippen LogP contribution in [0.4, 0.5) is 0 Å². The summed E-state index contributed by atoms with van der Waals surface area (Å²) < 4.78 is 0. The van der Waals surface area contributed by atoms with Crippen LogP contribution in [0, 0.1) is 0 Å². The molecule has 3 heteroatoms. The fourth-order valence-electron chi connectivity index (χ4n) is 2.11. The smallest absolute Gasteiger partial charge is 0.128 e. The Bertz CT molecular complexity index is 425. The van der Waals surface area contributed by atoms with Gasteiger partial charge < -0.3 is 4.84 Å². The van der Waals surface area contributed by atoms with Crippen LogP contribution in [0.25, 0.3) is 0 Å². The van der Waals surface area contributed by atoms with E-state index in [0.717, 1.165) is 5.03 Å². The Balaban J connectivity index is 1.94. The van der Waals surface area contributed by atoms with Crippen molar-refractivity contribution < 1.29 is 4.84 Å². The van der Waals surface area contributed by atoms with Gasteiger partial charge in [0.2, 0.25) is 0 Å². The highest BCUT2D eigenvalue weighted by Gasteiger charge is 2.51. The zero-order chi connectivity index (χ0) is 11.2. The molecule has 1 aromatic carbocycles. The van der Waals surface area contributed by atoms with E-state index in [1.54, 1.807) is 6.26 Å². The maximum atomic E-state index is 6.24. The molecule has 1 atom stereocenters. The summed E-state index contributed by atoms with van der Waals surface area (Å²) in [4.78, 5) is 5.60. The molecule has 3 rings (SSSR count). The van der Waals surface area contributed by atoms with Gasteiger partial charge >= 0.3 is 0 Å². The second-order valence-electron chi connectivity index (χ2n) is 4.74. The second kappa shape index (κ2) is 3.51. The quantitative estimate of drug-likeness (QED) is 0.777. The summed E-state index contributed by atoms with van der Waals surface area (Å²) >= 11 is 6.24. The zero-order valence-electron chi connectivity index (χ0n) is 9.19. The lowest BCUT2D eigenvalue weighted by Crippen LogP contribution is -2.34. The molecule has 1 saturated carbocycles. The summed E-state index contributed by atoms with van der Waals surface area (Å²) in [6.07, 6.45) is 4.01. The molecule has 0 spiro atoms. The third-order valence-corrected chi connectivity index (χ3v) is 3.69. The van der Waals surface area contributed by atoms with Crippen molar-refractivity contribution in [1.82, 2.24) is 5.06 Å². The molecule has 1 aliphatic carbocycles. The molecule has 1 heterocycles. The Labute approximate surface area is 100 Å². The Hall–Kier alpha value is -0.990. The second-order valence-corrected chi connectivity index (χ2v) is 5.18. The van der Waals surface area contributed by atoms with E-state index in [9.17, 15) is 0 Å². The van der Waals surface area contributed by atoms with Crippen LogP contribution >= 0.6 is 11.6 Å². The summed E-state index contributed by atoms with van der Waals surface area (Å²) in [6, 6.07) is 10.3. The lowest BCUT2D eigenvalue weighted by Gasteiger charge is -2.29. The number of hydroxylamine groups is 2. The van der Waals surface area contributed by atoms with Crippen molar-refractivity contribution in [3.05, 3.63) is 47.2 Å². The first-order valence-electron chi connectivity index (χ1n) is 5.57. The monoisotopic (exact) mass is 235 g/mol. The molecule has 84 valence electrons. The highest BCUT2D eigenvalue weighted by Crippen LogP contribution is 2.50. The summed E-state index contributed by atoms with van der Waals surface area (Å²) in [5, 5.41) is 2.80. The van der Waals surface area contributed by atoms with Crippen LogP contribution in [0.1, 0.15) is 31.4 Å². The molecule has 0 saturated heterocycles. The molecule has 0 bridgehead atoms. The predicted molar refractivity (Wildman–Crippen MR) is 63.7 cm³/mol. The lowest BCUT2D eigenvalue weighted by molar-refractivity contribution is -0.145. The first-order valence-corrected chi connectivity index (χ1v) is 5.95. The van der Waals surface area contributed by atoms with Gasteiger partial charge in [-0.15, -0.1) is 5.06 Å². The third-order valence-electron chi connectivity index (χ3n) is 3.40. The number of nitrogens with zero attached hydrogens (tertiary/aromatic N) is 1. The van der Waals surface area contributed by atoms with Gasteiger partial charge in [-0.3, -0.25) is 0 Å². The van der Waals surface area contributed by atoms with Gasteiger partial charge in [-0.05, 0) is 25.3 Å². The molecule has 2 nitrogen and oxygen atoms in total. The van der Waals surface area contributed by atoms with Crippen LogP contribution in [-0.4, -0.2) is 10.6 Å². The number of benzene rings is 1. The maximum Gasteiger partial charge on any atom is 0.128 e. The molecule has 1 aliphatic heterocycles. The van der Waals surface area contributed by atoms with Gasteiger partial charge in [0, 0.05) is 0 Å². The summed E-state index contributed by atoms with van der Waals surface area (Å²) in [6.45, 7) is 2.21. The van der Waals surface area contributed by atoms with Crippen molar-refractivity contribution in [1.29, 1.82) is 0 Å². The standard InChI is InChI=1S/C13H14ClNO/c1-13(7-8-13)15-12(11(14)9-16-15)10-5-3-2-4-6-10/h2-6,9,12H,7-8H2,1H3. The lowest BCUT2D eigenvalue weighted by atomic mass is 10.1. The van der Waals surface area contributed by atoms with Gasteiger partial charge in [0.1, 0.15) is 12.3 Å². The van der Waals surface area contributed by atoms with Crippen LogP contribution in [0.15, 0.2) is 41.6 Å². The number of halogens is 1. The van der Waals surface area contributed by atoms with Gasteiger partial charge in [0.25, 0.3) is 0 Å². The van der Waals surface area contributed by atoms with E-state index in [1.807, 2.05) is 23.3 Å². The number of rotatable bonds is 2. The van der Waals surface area contributed by atoms with Gasteiger partial charge in [0.15, 0.2) is 0 Å². The van der Waals surface area contributed by atoms with Crippen molar-refractivity contribution in [3.8, 4) is 0 Å². The molecule has 16 heavy (non-hydrogen) atoms. The Kier molecular flexibility index (Phi) is 2.23. The van der Waals surface area contributed by atoms with Crippen LogP contribution < -0.4 is 0 Å². The molecule has 2 aliphatic rings. The molecule has 0 amide bonds. The Morgan fingerprint density at radius 1 is 1.31 bits per heavy atom. The van der Waals surface area contributed by atoms with E-state index in [-0.39, 0.29) is 11.6 Å². The SMILES string of the molecule is CC1(N2OC=C(Cl)C2c2ccccc2)CC1. The topological polar surface area (TPSA) is 12.5 Å². The molecule has 1 unspecified atom stereocenters. The normalized spacial score (nSPS) is 27.4. The van der Waals surface area contributed by atoms with Crippen molar-refractivity contribution in [2.45, 2.75) is 31.3 Å². The van der Waals surface area contributed by atoms with Crippen molar-refractivity contribution in [3.63, 3.8) is 0 Å².